The molecule has 2 heterocycles. The summed E-state index contributed by atoms with van der Waals surface area (Å²) >= 11 is 0. The van der Waals surface area contributed by atoms with Crippen LogP contribution >= 0.6 is 0 Å². The van der Waals surface area contributed by atoms with Crippen molar-refractivity contribution in [1.29, 1.82) is 5.26 Å². The van der Waals surface area contributed by atoms with Crippen molar-refractivity contribution in [3.63, 3.8) is 0 Å². The second-order valence-electron chi connectivity index (χ2n) is 8.73. The summed E-state index contributed by atoms with van der Waals surface area (Å²) in [5.41, 5.74) is 3.10. The molecule has 0 saturated carbocycles. The Kier molecular flexibility index (Phi) is 8.42. The number of fused-ring (bicyclic) bond motifs is 1. The largest absolute Gasteiger partial charge is 0.355 e. The van der Waals surface area contributed by atoms with Gasteiger partial charge in [-0.3, -0.25) is 9.69 Å². The van der Waals surface area contributed by atoms with Gasteiger partial charge in [-0.25, -0.2) is 9.97 Å². The summed E-state index contributed by atoms with van der Waals surface area (Å²) in [6.45, 7) is 6.75. The van der Waals surface area contributed by atoms with E-state index >= 15 is 0 Å². The lowest BCUT2D eigenvalue weighted by Crippen LogP contribution is -2.47. The Morgan fingerprint density at radius 1 is 1.06 bits per heavy atom. The highest BCUT2D eigenvalue weighted by Gasteiger charge is 2.29. The maximum atomic E-state index is 12.9. The molecule has 1 aliphatic rings. The zero-order valence-corrected chi connectivity index (χ0v) is 20.2. The molecule has 1 amide bonds. The molecule has 7 nitrogen and oxygen atoms in total. The Labute approximate surface area is 207 Å². The maximum absolute atomic E-state index is 12.9. The normalized spacial score (nSPS) is 15.3. The van der Waals surface area contributed by atoms with Gasteiger partial charge >= 0.3 is 0 Å². The summed E-state index contributed by atoms with van der Waals surface area (Å²) in [5.74, 6) is -0.664. The van der Waals surface area contributed by atoms with Crippen LogP contribution < -0.4 is 10.2 Å². The summed E-state index contributed by atoms with van der Waals surface area (Å²) < 4.78 is 0. The summed E-state index contributed by atoms with van der Waals surface area (Å²) in [6.07, 6.45) is 6.19. The smallest absolute Gasteiger partial charge is 0.243 e. The number of carbonyl (C=O) groups excluding carboxylic acids is 1. The summed E-state index contributed by atoms with van der Waals surface area (Å²) in [6, 6.07) is 20.1. The fourth-order valence-electron chi connectivity index (χ4n) is 4.21. The zero-order chi connectivity index (χ0) is 24.5. The molecule has 4 rings (SSSR count). The molecular formula is C28H32N6O. The lowest BCUT2D eigenvalue weighted by molar-refractivity contribution is -0.121. The van der Waals surface area contributed by atoms with Gasteiger partial charge in [-0.1, -0.05) is 68.0 Å². The molecule has 1 saturated heterocycles. The highest BCUT2D eigenvalue weighted by Crippen LogP contribution is 2.28. The molecular weight excluding hydrogens is 436 g/mol. The molecule has 1 N–H and O–H groups in total. The van der Waals surface area contributed by atoms with E-state index in [0.717, 1.165) is 51.1 Å². The van der Waals surface area contributed by atoms with Crippen molar-refractivity contribution >= 4 is 28.8 Å². The summed E-state index contributed by atoms with van der Waals surface area (Å²) in [4.78, 5) is 27.1. The molecule has 7 heteroatoms. The molecule has 0 bridgehead atoms. The van der Waals surface area contributed by atoms with Gasteiger partial charge < -0.3 is 10.2 Å². The molecule has 2 aromatic carbocycles. The minimum atomic E-state index is -0.995. The first-order valence-electron chi connectivity index (χ1n) is 12.3. The van der Waals surface area contributed by atoms with Crippen LogP contribution in [0.4, 0.5) is 5.82 Å². The number of unbranched alkanes of at least 4 members (excludes halogenated alkanes) is 1. The number of benzene rings is 2. The number of amides is 1. The van der Waals surface area contributed by atoms with Gasteiger partial charge in [0.05, 0.1) is 17.1 Å². The first kappa shape index (κ1) is 24.4. The fraction of sp³-hybridized carbons (Fsp3) is 0.357. The number of hydrogen-bond donors (Lipinski definition) is 1. The third-order valence-corrected chi connectivity index (χ3v) is 6.22. The molecule has 0 spiro atoms. The predicted octanol–water partition coefficient (Wildman–Crippen LogP) is 3.99. The highest BCUT2D eigenvalue weighted by molar-refractivity contribution is 5.88. The van der Waals surface area contributed by atoms with Gasteiger partial charge in [-0.2, -0.15) is 5.26 Å². The second-order valence-corrected chi connectivity index (χ2v) is 8.73. The summed E-state index contributed by atoms with van der Waals surface area (Å²) in [5, 5.41) is 12.8. The van der Waals surface area contributed by atoms with Gasteiger partial charge in [0.15, 0.2) is 11.7 Å². The third kappa shape index (κ3) is 6.23. The van der Waals surface area contributed by atoms with E-state index in [4.69, 9.17) is 9.97 Å². The highest BCUT2D eigenvalue weighted by atomic mass is 16.1. The van der Waals surface area contributed by atoms with Crippen LogP contribution in [-0.2, 0) is 4.79 Å². The van der Waals surface area contributed by atoms with Gasteiger partial charge in [0.2, 0.25) is 5.91 Å². The van der Waals surface area contributed by atoms with Crippen molar-refractivity contribution in [2.45, 2.75) is 25.7 Å². The molecule has 0 aliphatic carbocycles. The van der Waals surface area contributed by atoms with Crippen molar-refractivity contribution in [3.8, 4) is 6.07 Å². The first-order valence-corrected chi connectivity index (χ1v) is 12.3. The molecule has 1 aliphatic heterocycles. The third-order valence-electron chi connectivity index (χ3n) is 6.22. The van der Waals surface area contributed by atoms with Crippen LogP contribution in [0.3, 0.4) is 0 Å². The number of piperazine rings is 1. The number of rotatable bonds is 9. The first-order chi connectivity index (χ1) is 17.2. The van der Waals surface area contributed by atoms with Gasteiger partial charge in [0.25, 0.3) is 0 Å². The average molecular weight is 469 g/mol. The average Bonchev–Trinajstić information content (AvgIpc) is 2.90. The number of carbonyl (C=O) groups is 1. The Morgan fingerprint density at radius 3 is 2.43 bits per heavy atom. The number of nitrogens with one attached hydrogen (secondary N) is 1. The molecule has 180 valence electrons. The predicted molar refractivity (Wildman–Crippen MR) is 140 cm³/mol. The molecule has 1 fully saturated rings. The van der Waals surface area contributed by atoms with E-state index in [1.165, 1.54) is 5.56 Å². The van der Waals surface area contributed by atoms with Crippen molar-refractivity contribution in [2.75, 3.05) is 44.2 Å². The van der Waals surface area contributed by atoms with Crippen molar-refractivity contribution in [2.24, 2.45) is 0 Å². The van der Waals surface area contributed by atoms with Gasteiger partial charge in [0, 0.05) is 39.3 Å². The molecule has 1 aromatic heterocycles. The van der Waals surface area contributed by atoms with Crippen LogP contribution in [0.25, 0.3) is 17.1 Å². The Morgan fingerprint density at radius 2 is 1.74 bits per heavy atom. The molecule has 1 unspecified atom stereocenters. The summed E-state index contributed by atoms with van der Waals surface area (Å²) in [7, 11) is 0. The van der Waals surface area contributed by atoms with Crippen LogP contribution in [0.1, 0.15) is 36.9 Å². The van der Waals surface area contributed by atoms with E-state index in [1.54, 1.807) is 0 Å². The van der Waals surface area contributed by atoms with Gasteiger partial charge in [-0.05, 0) is 24.1 Å². The SMILES string of the molecule is CCCCNC(=O)C(C#N)c1nc2ccccc2nc1N1CCN(C/C=C/c2ccccc2)CC1. The van der Waals surface area contributed by atoms with Gasteiger partial charge in [-0.15, -0.1) is 0 Å². The minimum Gasteiger partial charge on any atom is -0.355 e. The molecule has 0 radical (unpaired) electrons. The Hall–Kier alpha value is -3.76. The van der Waals surface area contributed by atoms with Crippen LogP contribution in [-0.4, -0.2) is 60.0 Å². The topological polar surface area (TPSA) is 85.1 Å². The maximum Gasteiger partial charge on any atom is 0.243 e. The zero-order valence-electron chi connectivity index (χ0n) is 20.2. The Balaban J connectivity index is 1.50. The minimum absolute atomic E-state index is 0.309. The van der Waals surface area contributed by atoms with Crippen LogP contribution in [0.15, 0.2) is 60.7 Å². The lowest BCUT2D eigenvalue weighted by atomic mass is 10.0. The van der Waals surface area contributed by atoms with Crippen molar-refractivity contribution < 1.29 is 4.79 Å². The standard InChI is InChI=1S/C28H32N6O/c1-2-3-15-30-28(35)23(21-29)26-27(32-25-14-8-7-13-24(25)31-26)34-19-17-33(18-20-34)16-9-12-22-10-5-4-6-11-22/h4-14,23H,2-3,15-20H2,1H3,(H,30,35)/b12-9+. The number of aromatic nitrogens is 2. The van der Waals surface area contributed by atoms with Gasteiger partial charge in [0.1, 0.15) is 5.69 Å². The quantitative estimate of drug-likeness (QED) is 0.478. The molecule has 1 atom stereocenters. The van der Waals surface area contributed by atoms with Crippen LogP contribution in [0.5, 0.6) is 0 Å². The van der Waals surface area contributed by atoms with E-state index in [9.17, 15) is 10.1 Å². The fourth-order valence-corrected chi connectivity index (χ4v) is 4.21. The van der Waals surface area contributed by atoms with Crippen molar-refractivity contribution in [1.82, 2.24) is 20.2 Å². The second kappa shape index (κ2) is 12.1. The van der Waals surface area contributed by atoms with E-state index in [1.807, 2.05) is 42.5 Å². The number of anilines is 1. The van der Waals surface area contributed by atoms with E-state index in [-0.39, 0.29) is 5.91 Å². The lowest BCUT2D eigenvalue weighted by Gasteiger charge is -2.35. The number of nitriles is 1. The van der Waals surface area contributed by atoms with Crippen molar-refractivity contribution in [3.05, 3.63) is 71.9 Å². The molecule has 3 aromatic rings. The number of para-hydroxylation sites is 2. The number of nitrogens with zero attached hydrogens (tertiary/aromatic N) is 5. The monoisotopic (exact) mass is 468 g/mol. The Bertz CT molecular complexity index is 1200. The van der Waals surface area contributed by atoms with Crippen LogP contribution in [0, 0.1) is 11.3 Å². The van der Waals surface area contributed by atoms with E-state index in [0.29, 0.717) is 23.6 Å². The van der Waals surface area contributed by atoms with Crippen LogP contribution in [0.2, 0.25) is 0 Å². The number of hydrogen-bond acceptors (Lipinski definition) is 6. The van der Waals surface area contributed by atoms with E-state index in [2.05, 4.69) is 52.4 Å². The van der Waals surface area contributed by atoms with E-state index < -0.39 is 5.92 Å². The molecule has 35 heavy (non-hydrogen) atoms.